The van der Waals surface area contributed by atoms with Crippen LogP contribution in [0.15, 0.2) is 53.0 Å². The first-order valence-electron chi connectivity index (χ1n) is 7.33. The predicted molar refractivity (Wildman–Crippen MR) is 86.7 cm³/mol. The first kappa shape index (κ1) is 16.0. The van der Waals surface area contributed by atoms with Gasteiger partial charge in [0.15, 0.2) is 0 Å². The van der Waals surface area contributed by atoms with E-state index in [1.807, 2.05) is 26.0 Å². The summed E-state index contributed by atoms with van der Waals surface area (Å²) in [6.07, 6.45) is 5.03. The molecular formula is C17H23NO2S. The second-order valence-corrected chi connectivity index (χ2v) is 7.60. The first-order chi connectivity index (χ1) is 9.91. The number of hydrogen-bond acceptors (Lipinski definition) is 2. The van der Waals surface area contributed by atoms with Gasteiger partial charge in [0.1, 0.15) is 0 Å². The molecule has 21 heavy (non-hydrogen) atoms. The number of sulfonamides is 1. The van der Waals surface area contributed by atoms with Crippen molar-refractivity contribution in [2.75, 3.05) is 13.1 Å². The molecule has 1 aliphatic heterocycles. The Morgan fingerprint density at radius 3 is 2.48 bits per heavy atom. The lowest BCUT2D eigenvalue weighted by atomic mass is 10.0. The van der Waals surface area contributed by atoms with E-state index in [1.165, 1.54) is 0 Å². The molecule has 0 amide bonds. The van der Waals surface area contributed by atoms with E-state index in [9.17, 15) is 8.42 Å². The number of aryl methyl sites for hydroxylation is 1. The van der Waals surface area contributed by atoms with Crippen molar-refractivity contribution in [3.8, 4) is 0 Å². The smallest absolute Gasteiger partial charge is 0.207 e. The Bertz CT molecular complexity index is 642. The van der Waals surface area contributed by atoms with E-state index in [1.54, 1.807) is 16.4 Å². The molecule has 114 valence electrons. The summed E-state index contributed by atoms with van der Waals surface area (Å²) in [5, 5.41) is 0. The van der Waals surface area contributed by atoms with Crippen LogP contribution in [0.4, 0.5) is 0 Å². The Kier molecular flexibility index (Phi) is 5.01. The zero-order valence-corrected chi connectivity index (χ0v) is 13.6. The second kappa shape index (κ2) is 6.58. The van der Waals surface area contributed by atoms with Crippen LogP contribution in [0, 0.1) is 6.92 Å². The van der Waals surface area contributed by atoms with E-state index in [0.29, 0.717) is 18.0 Å². The van der Waals surface area contributed by atoms with Crippen molar-refractivity contribution in [3.05, 3.63) is 53.6 Å². The highest BCUT2D eigenvalue weighted by atomic mass is 32.2. The Balaban J connectivity index is 2.33. The van der Waals surface area contributed by atoms with E-state index in [-0.39, 0.29) is 0 Å². The number of allylic oxidation sites excluding steroid dienone is 1. The van der Waals surface area contributed by atoms with Crippen LogP contribution in [0.5, 0.6) is 0 Å². The van der Waals surface area contributed by atoms with Crippen LogP contribution < -0.4 is 0 Å². The average Bonchev–Trinajstić information content (AvgIpc) is 2.38. The SMILES string of the molecule is C=C(C)/C1=C/CCCCN(S(=O)(=O)c2ccc(C)cc2)C1. The molecule has 1 aromatic rings. The van der Waals surface area contributed by atoms with Crippen molar-refractivity contribution < 1.29 is 8.42 Å². The molecule has 0 spiro atoms. The fourth-order valence-electron chi connectivity index (χ4n) is 2.42. The van der Waals surface area contributed by atoms with Crippen LogP contribution >= 0.6 is 0 Å². The Morgan fingerprint density at radius 2 is 1.86 bits per heavy atom. The highest BCUT2D eigenvalue weighted by Crippen LogP contribution is 2.22. The topological polar surface area (TPSA) is 37.4 Å². The second-order valence-electron chi connectivity index (χ2n) is 5.66. The van der Waals surface area contributed by atoms with Gasteiger partial charge in [0.2, 0.25) is 10.0 Å². The van der Waals surface area contributed by atoms with E-state index in [2.05, 4.69) is 12.7 Å². The number of hydrogen-bond donors (Lipinski definition) is 0. The summed E-state index contributed by atoms with van der Waals surface area (Å²) in [6.45, 7) is 8.84. The standard InChI is InChI=1S/C17H23NO2S/c1-14(2)16-7-5-4-6-12-18(13-16)21(19,20)17-10-8-15(3)9-11-17/h7-11H,1,4-6,12-13H2,2-3H3/b16-7+. The number of rotatable bonds is 3. The van der Waals surface area contributed by atoms with Crippen molar-refractivity contribution in [2.45, 2.75) is 38.0 Å². The van der Waals surface area contributed by atoms with Gasteiger partial charge in [0, 0.05) is 13.1 Å². The van der Waals surface area contributed by atoms with Crippen LogP contribution in [0.1, 0.15) is 31.7 Å². The first-order valence-corrected chi connectivity index (χ1v) is 8.77. The maximum Gasteiger partial charge on any atom is 0.243 e. The van der Waals surface area contributed by atoms with Crippen molar-refractivity contribution >= 4 is 10.0 Å². The van der Waals surface area contributed by atoms with Crippen LogP contribution in [0.2, 0.25) is 0 Å². The van der Waals surface area contributed by atoms with E-state index < -0.39 is 10.0 Å². The molecule has 0 bridgehead atoms. The fraction of sp³-hybridized carbons (Fsp3) is 0.412. The summed E-state index contributed by atoms with van der Waals surface area (Å²) < 4.78 is 27.2. The van der Waals surface area contributed by atoms with Crippen LogP contribution in [-0.4, -0.2) is 25.8 Å². The Labute approximate surface area is 128 Å². The van der Waals surface area contributed by atoms with Gasteiger partial charge in [0.25, 0.3) is 0 Å². The lowest BCUT2D eigenvalue weighted by molar-refractivity contribution is 0.418. The monoisotopic (exact) mass is 305 g/mol. The van der Waals surface area contributed by atoms with E-state index >= 15 is 0 Å². The van der Waals surface area contributed by atoms with Crippen molar-refractivity contribution in [3.63, 3.8) is 0 Å². The highest BCUT2D eigenvalue weighted by molar-refractivity contribution is 7.89. The number of nitrogens with zero attached hydrogens (tertiary/aromatic N) is 1. The molecule has 0 aliphatic carbocycles. The molecule has 1 aromatic carbocycles. The molecule has 0 fully saturated rings. The minimum atomic E-state index is -3.43. The van der Waals surface area contributed by atoms with Gasteiger partial charge in [-0.1, -0.05) is 35.9 Å². The van der Waals surface area contributed by atoms with E-state index in [4.69, 9.17) is 0 Å². The predicted octanol–water partition coefficient (Wildman–Crippen LogP) is 3.67. The third-order valence-electron chi connectivity index (χ3n) is 3.81. The van der Waals surface area contributed by atoms with Gasteiger partial charge in [0.05, 0.1) is 4.90 Å². The summed E-state index contributed by atoms with van der Waals surface area (Å²) in [5.74, 6) is 0. The summed E-state index contributed by atoms with van der Waals surface area (Å²) in [5.41, 5.74) is 3.04. The van der Waals surface area contributed by atoms with Crippen LogP contribution in [0.25, 0.3) is 0 Å². The maximum absolute atomic E-state index is 12.8. The number of benzene rings is 1. The largest absolute Gasteiger partial charge is 0.243 e. The lowest BCUT2D eigenvalue weighted by Gasteiger charge is -2.25. The highest BCUT2D eigenvalue weighted by Gasteiger charge is 2.25. The molecule has 1 aliphatic rings. The molecule has 4 heteroatoms. The molecule has 3 nitrogen and oxygen atoms in total. The molecule has 0 saturated heterocycles. The molecule has 0 radical (unpaired) electrons. The average molecular weight is 305 g/mol. The third-order valence-corrected chi connectivity index (χ3v) is 5.67. The molecular weight excluding hydrogens is 282 g/mol. The molecule has 0 N–H and O–H groups in total. The summed E-state index contributed by atoms with van der Waals surface area (Å²) in [7, 11) is -3.43. The van der Waals surface area contributed by atoms with Crippen LogP contribution in [0.3, 0.4) is 0 Å². The van der Waals surface area contributed by atoms with Crippen molar-refractivity contribution in [2.24, 2.45) is 0 Å². The van der Waals surface area contributed by atoms with Gasteiger partial charge >= 0.3 is 0 Å². The molecule has 0 atom stereocenters. The normalized spacial score (nSPS) is 20.2. The summed E-state index contributed by atoms with van der Waals surface area (Å²) >= 11 is 0. The van der Waals surface area contributed by atoms with Crippen LogP contribution in [-0.2, 0) is 10.0 Å². The van der Waals surface area contributed by atoms with Crippen molar-refractivity contribution in [1.29, 1.82) is 0 Å². The van der Waals surface area contributed by atoms with Gasteiger partial charge in [-0.2, -0.15) is 4.31 Å². The van der Waals surface area contributed by atoms with Gasteiger partial charge in [-0.3, -0.25) is 0 Å². The third kappa shape index (κ3) is 3.83. The lowest BCUT2D eigenvalue weighted by Crippen LogP contribution is -2.34. The zero-order valence-electron chi connectivity index (χ0n) is 12.8. The fourth-order valence-corrected chi connectivity index (χ4v) is 3.87. The zero-order chi connectivity index (χ0) is 15.5. The molecule has 2 rings (SSSR count). The minimum Gasteiger partial charge on any atom is -0.207 e. The minimum absolute atomic E-state index is 0.370. The summed E-state index contributed by atoms with van der Waals surface area (Å²) in [6, 6.07) is 7.06. The molecule has 0 saturated carbocycles. The molecule has 0 unspecified atom stereocenters. The molecule has 0 aromatic heterocycles. The Morgan fingerprint density at radius 1 is 1.19 bits per heavy atom. The summed E-state index contributed by atoms with van der Waals surface area (Å²) in [4.78, 5) is 0.370. The van der Waals surface area contributed by atoms with Crippen molar-refractivity contribution in [1.82, 2.24) is 4.31 Å². The quantitative estimate of drug-likeness (QED) is 0.854. The van der Waals surface area contributed by atoms with Gasteiger partial charge in [-0.15, -0.1) is 0 Å². The Hall–Kier alpha value is -1.39. The maximum atomic E-state index is 12.8. The van der Waals surface area contributed by atoms with Gasteiger partial charge in [-0.05, 0) is 50.8 Å². The van der Waals surface area contributed by atoms with E-state index in [0.717, 1.165) is 36.0 Å². The molecule has 1 heterocycles. The van der Waals surface area contributed by atoms with Gasteiger partial charge in [-0.25, -0.2) is 8.42 Å². The van der Waals surface area contributed by atoms with Gasteiger partial charge < -0.3 is 0 Å².